The number of guanidine groups is 1. The first-order valence-corrected chi connectivity index (χ1v) is 7.36. The van der Waals surface area contributed by atoms with E-state index in [1.54, 1.807) is 0 Å². The van der Waals surface area contributed by atoms with E-state index in [0.29, 0.717) is 12.1 Å². The van der Waals surface area contributed by atoms with Crippen LogP contribution in [-0.4, -0.2) is 25.1 Å². The van der Waals surface area contributed by atoms with Gasteiger partial charge in [0.15, 0.2) is 5.96 Å². The van der Waals surface area contributed by atoms with Crippen LogP contribution in [0.25, 0.3) is 0 Å². The van der Waals surface area contributed by atoms with Crippen molar-refractivity contribution in [3.05, 3.63) is 0 Å². The lowest BCUT2D eigenvalue weighted by atomic mass is 9.85. The van der Waals surface area contributed by atoms with Gasteiger partial charge in [0.05, 0.1) is 0 Å². The van der Waals surface area contributed by atoms with E-state index in [1.807, 2.05) is 7.05 Å². The summed E-state index contributed by atoms with van der Waals surface area (Å²) >= 11 is 0. The fourth-order valence-electron chi connectivity index (χ4n) is 3.23. The van der Waals surface area contributed by atoms with Crippen LogP contribution in [0.1, 0.15) is 51.4 Å². The van der Waals surface area contributed by atoms with Gasteiger partial charge in [-0.1, -0.05) is 32.1 Å². The Morgan fingerprint density at radius 2 is 1.76 bits per heavy atom. The second-order valence-corrected chi connectivity index (χ2v) is 6.04. The monoisotopic (exact) mass is 235 g/mol. The first kappa shape index (κ1) is 11.4. The third-order valence-electron chi connectivity index (χ3n) is 4.56. The minimum atomic E-state index is 0.702. The van der Waals surface area contributed by atoms with E-state index in [0.717, 1.165) is 17.8 Å². The Balaban J connectivity index is 1.43. The van der Waals surface area contributed by atoms with Crippen LogP contribution in [0.5, 0.6) is 0 Å². The highest BCUT2D eigenvalue weighted by Crippen LogP contribution is 2.44. The van der Waals surface area contributed by atoms with Gasteiger partial charge in [-0.15, -0.1) is 0 Å². The minimum Gasteiger partial charge on any atom is -0.354 e. The summed E-state index contributed by atoms with van der Waals surface area (Å²) in [5.41, 5.74) is 0. The van der Waals surface area contributed by atoms with E-state index in [-0.39, 0.29) is 0 Å². The molecule has 0 saturated heterocycles. The Kier molecular flexibility index (Phi) is 3.26. The summed E-state index contributed by atoms with van der Waals surface area (Å²) in [4.78, 5) is 4.32. The van der Waals surface area contributed by atoms with Crippen molar-refractivity contribution >= 4 is 5.96 Å². The molecule has 96 valence electrons. The Bertz CT molecular complexity index is 290. The van der Waals surface area contributed by atoms with Crippen molar-refractivity contribution in [2.24, 2.45) is 16.8 Å². The van der Waals surface area contributed by atoms with Crippen molar-refractivity contribution in [1.29, 1.82) is 0 Å². The maximum absolute atomic E-state index is 4.32. The zero-order valence-corrected chi connectivity index (χ0v) is 10.9. The van der Waals surface area contributed by atoms with E-state index in [9.17, 15) is 0 Å². The van der Waals surface area contributed by atoms with Gasteiger partial charge in [-0.2, -0.15) is 0 Å². The van der Waals surface area contributed by atoms with Crippen LogP contribution in [0, 0.1) is 11.8 Å². The molecule has 0 spiro atoms. The highest BCUT2D eigenvalue weighted by Gasteiger charge is 2.43. The fraction of sp³-hybridized carbons (Fsp3) is 0.929. The van der Waals surface area contributed by atoms with Crippen LogP contribution < -0.4 is 10.6 Å². The molecular weight excluding hydrogens is 210 g/mol. The third-order valence-corrected chi connectivity index (χ3v) is 4.56. The molecule has 0 bridgehead atoms. The molecule has 0 aliphatic heterocycles. The Labute approximate surface area is 104 Å². The second kappa shape index (κ2) is 4.87. The Hall–Kier alpha value is -0.730. The second-order valence-electron chi connectivity index (χ2n) is 6.04. The average molecular weight is 235 g/mol. The Morgan fingerprint density at radius 3 is 2.41 bits per heavy atom. The molecule has 0 amide bonds. The van der Waals surface area contributed by atoms with E-state index < -0.39 is 0 Å². The van der Waals surface area contributed by atoms with Crippen molar-refractivity contribution in [2.75, 3.05) is 7.05 Å². The Morgan fingerprint density at radius 1 is 1.00 bits per heavy atom. The van der Waals surface area contributed by atoms with E-state index in [1.165, 1.54) is 51.4 Å². The molecule has 2 atom stereocenters. The summed E-state index contributed by atoms with van der Waals surface area (Å²) in [6.45, 7) is 0. The fourth-order valence-corrected chi connectivity index (χ4v) is 3.23. The molecule has 0 aromatic rings. The lowest BCUT2D eigenvalue weighted by molar-refractivity contribution is 0.315. The lowest BCUT2D eigenvalue weighted by Gasteiger charge is -2.22. The number of nitrogens with zero attached hydrogens (tertiary/aromatic N) is 1. The van der Waals surface area contributed by atoms with E-state index in [4.69, 9.17) is 0 Å². The van der Waals surface area contributed by atoms with Gasteiger partial charge in [-0.3, -0.25) is 4.99 Å². The van der Waals surface area contributed by atoms with Crippen LogP contribution in [-0.2, 0) is 0 Å². The molecule has 0 aromatic heterocycles. The van der Waals surface area contributed by atoms with Crippen molar-refractivity contribution in [3.8, 4) is 0 Å². The number of hydrogen-bond donors (Lipinski definition) is 2. The van der Waals surface area contributed by atoms with Gasteiger partial charge >= 0.3 is 0 Å². The number of nitrogens with one attached hydrogen (secondary N) is 2. The van der Waals surface area contributed by atoms with Crippen molar-refractivity contribution in [3.63, 3.8) is 0 Å². The van der Waals surface area contributed by atoms with Gasteiger partial charge in [0.1, 0.15) is 0 Å². The molecule has 0 radical (unpaired) electrons. The van der Waals surface area contributed by atoms with Crippen LogP contribution in [0.4, 0.5) is 0 Å². The lowest BCUT2D eigenvalue weighted by Crippen LogP contribution is -2.40. The SMILES string of the molecule is CN=C(NC1CC1)N[C@@H]1C[C@H]1C1CCCCC1. The average Bonchev–Trinajstić information content (AvgIpc) is 3.25. The van der Waals surface area contributed by atoms with Crippen molar-refractivity contribution in [2.45, 2.75) is 63.5 Å². The summed E-state index contributed by atoms with van der Waals surface area (Å²) in [5, 5.41) is 7.07. The van der Waals surface area contributed by atoms with Crippen LogP contribution in [0.3, 0.4) is 0 Å². The number of rotatable bonds is 3. The predicted molar refractivity (Wildman–Crippen MR) is 71.1 cm³/mol. The quantitative estimate of drug-likeness (QED) is 0.581. The van der Waals surface area contributed by atoms with Gasteiger partial charge in [-0.05, 0) is 31.1 Å². The molecule has 0 aromatic carbocycles. The largest absolute Gasteiger partial charge is 0.354 e. The molecule has 3 rings (SSSR count). The third kappa shape index (κ3) is 2.93. The van der Waals surface area contributed by atoms with Crippen molar-refractivity contribution < 1.29 is 0 Å². The van der Waals surface area contributed by atoms with E-state index >= 15 is 0 Å². The van der Waals surface area contributed by atoms with Crippen LogP contribution in [0.2, 0.25) is 0 Å². The smallest absolute Gasteiger partial charge is 0.191 e. The molecular formula is C14H25N3. The molecule has 3 aliphatic rings. The van der Waals surface area contributed by atoms with Gasteiger partial charge < -0.3 is 10.6 Å². The molecule has 0 heterocycles. The minimum absolute atomic E-state index is 0.702. The summed E-state index contributed by atoms with van der Waals surface area (Å²) in [5.74, 6) is 2.98. The molecule has 17 heavy (non-hydrogen) atoms. The molecule has 0 unspecified atom stereocenters. The van der Waals surface area contributed by atoms with Gasteiger partial charge in [0, 0.05) is 19.1 Å². The highest BCUT2D eigenvalue weighted by atomic mass is 15.2. The highest BCUT2D eigenvalue weighted by molar-refractivity contribution is 5.80. The summed E-state index contributed by atoms with van der Waals surface area (Å²) in [6.07, 6.45) is 11.3. The standard InChI is InChI=1S/C14H25N3/c1-15-14(16-11-7-8-11)17-13-9-12(13)10-5-3-2-4-6-10/h10-13H,2-9H2,1H3,(H2,15,16,17)/t12-,13+/m0/s1. The van der Waals surface area contributed by atoms with Gasteiger partial charge in [0.25, 0.3) is 0 Å². The van der Waals surface area contributed by atoms with Crippen LogP contribution in [0.15, 0.2) is 4.99 Å². The molecule has 3 nitrogen and oxygen atoms in total. The number of aliphatic imine (C=N–C) groups is 1. The van der Waals surface area contributed by atoms with E-state index in [2.05, 4.69) is 15.6 Å². The molecule has 3 saturated carbocycles. The van der Waals surface area contributed by atoms with Gasteiger partial charge in [-0.25, -0.2) is 0 Å². The number of hydrogen-bond acceptors (Lipinski definition) is 1. The maximum atomic E-state index is 4.32. The molecule has 2 N–H and O–H groups in total. The summed E-state index contributed by atoms with van der Waals surface area (Å²) in [7, 11) is 1.88. The first-order valence-electron chi connectivity index (χ1n) is 7.36. The zero-order chi connectivity index (χ0) is 11.7. The normalized spacial score (nSPS) is 34.5. The first-order chi connectivity index (χ1) is 8.36. The molecule has 3 aliphatic carbocycles. The molecule has 3 heteroatoms. The summed E-state index contributed by atoms with van der Waals surface area (Å²) < 4.78 is 0. The topological polar surface area (TPSA) is 36.4 Å². The summed E-state index contributed by atoms with van der Waals surface area (Å²) in [6, 6.07) is 1.41. The predicted octanol–water partition coefficient (Wildman–Crippen LogP) is 2.28. The van der Waals surface area contributed by atoms with Crippen LogP contribution >= 0.6 is 0 Å². The maximum Gasteiger partial charge on any atom is 0.191 e. The van der Waals surface area contributed by atoms with Gasteiger partial charge in [0.2, 0.25) is 0 Å². The molecule has 3 fully saturated rings. The van der Waals surface area contributed by atoms with Crippen molar-refractivity contribution in [1.82, 2.24) is 10.6 Å². The zero-order valence-electron chi connectivity index (χ0n) is 10.9.